The van der Waals surface area contributed by atoms with Crippen molar-refractivity contribution in [1.82, 2.24) is 24.8 Å². The molecule has 0 bridgehead atoms. The molecule has 0 spiro atoms. The lowest BCUT2D eigenvalue weighted by Gasteiger charge is -2.35. The Morgan fingerprint density at radius 3 is 1.77 bits per heavy atom. The molecular formula is C36H55N9O8. The Kier molecular flexibility index (Phi) is 14.3. The quantitative estimate of drug-likeness (QED) is 0.176. The fourth-order valence-electron chi connectivity index (χ4n) is 6.59. The molecule has 3 aromatic rings. The summed E-state index contributed by atoms with van der Waals surface area (Å²) in [6.07, 6.45) is 1.84. The molecule has 0 radical (unpaired) electrons. The van der Waals surface area contributed by atoms with Crippen LogP contribution in [0.3, 0.4) is 0 Å². The molecule has 292 valence electrons. The van der Waals surface area contributed by atoms with Crippen molar-refractivity contribution in [2.45, 2.75) is 25.5 Å². The van der Waals surface area contributed by atoms with Crippen LogP contribution in [0.1, 0.15) is 18.4 Å². The molecular weight excluding hydrogens is 686 g/mol. The van der Waals surface area contributed by atoms with Gasteiger partial charge in [0.1, 0.15) is 11.0 Å². The van der Waals surface area contributed by atoms with Crippen LogP contribution in [-0.2, 0) is 30.3 Å². The number of aromatic nitrogens is 4. The van der Waals surface area contributed by atoms with Crippen molar-refractivity contribution in [2.24, 2.45) is 0 Å². The number of carbonyl (C=O) groups excluding carboxylic acids is 1. The monoisotopic (exact) mass is 741 g/mol. The lowest BCUT2D eigenvalue weighted by atomic mass is 10.1. The Morgan fingerprint density at radius 2 is 1.25 bits per heavy atom. The van der Waals surface area contributed by atoms with Crippen LogP contribution in [0, 0.1) is 0 Å². The molecule has 0 saturated carbocycles. The molecule has 2 aromatic heterocycles. The van der Waals surface area contributed by atoms with Crippen molar-refractivity contribution in [1.29, 1.82) is 0 Å². The van der Waals surface area contributed by atoms with Gasteiger partial charge in [0.05, 0.1) is 53.8 Å². The van der Waals surface area contributed by atoms with E-state index >= 15 is 0 Å². The van der Waals surface area contributed by atoms with Crippen molar-refractivity contribution in [2.75, 3.05) is 149 Å². The highest BCUT2D eigenvalue weighted by Gasteiger charge is 2.31. The largest absolute Gasteiger partial charge is 0.493 e. The van der Waals surface area contributed by atoms with Crippen molar-refractivity contribution in [3.8, 4) is 17.2 Å². The number of hydrogen-bond donors (Lipinski definition) is 0. The summed E-state index contributed by atoms with van der Waals surface area (Å²) in [5.41, 5.74) is 1.99. The Hall–Kier alpha value is -4.45. The van der Waals surface area contributed by atoms with Crippen LogP contribution in [0.25, 0.3) is 11.0 Å². The first kappa shape index (κ1) is 39.8. The van der Waals surface area contributed by atoms with Crippen molar-refractivity contribution in [3.05, 3.63) is 17.7 Å². The number of methoxy groups -OCH3 is 7. The van der Waals surface area contributed by atoms with Gasteiger partial charge in [-0.1, -0.05) is 0 Å². The van der Waals surface area contributed by atoms with Crippen LogP contribution in [0.2, 0.25) is 0 Å². The smallest absolute Gasteiger partial charge is 0.241 e. The van der Waals surface area contributed by atoms with E-state index in [4.69, 9.17) is 53.1 Å². The summed E-state index contributed by atoms with van der Waals surface area (Å²) in [6, 6.07) is 3.79. The molecule has 2 saturated heterocycles. The molecule has 1 amide bonds. The van der Waals surface area contributed by atoms with Crippen LogP contribution in [-0.4, -0.2) is 166 Å². The molecule has 1 aromatic carbocycles. The predicted molar refractivity (Wildman–Crippen MR) is 202 cm³/mol. The molecule has 17 nitrogen and oxygen atoms in total. The SMILES string of the molecule is COCCN(Cc1ccc(OC)c(OC)c1OC)c1nc(N2CCN(C)C(=O)C2)c2nc(N(CCOC)CCOC)nc(N3CCC(OC)CC3)c2n1. The third-order valence-corrected chi connectivity index (χ3v) is 9.72. The highest BCUT2D eigenvalue weighted by Crippen LogP contribution is 2.41. The van der Waals surface area contributed by atoms with Gasteiger partial charge in [0.2, 0.25) is 23.6 Å². The maximum Gasteiger partial charge on any atom is 0.241 e. The van der Waals surface area contributed by atoms with Gasteiger partial charge in [-0.15, -0.1) is 0 Å². The lowest BCUT2D eigenvalue weighted by Crippen LogP contribution is -2.49. The van der Waals surface area contributed by atoms with Gasteiger partial charge in [0, 0.05) is 93.4 Å². The van der Waals surface area contributed by atoms with Gasteiger partial charge in [0.25, 0.3) is 0 Å². The summed E-state index contributed by atoms with van der Waals surface area (Å²) in [5, 5.41) is 0. The number of ether oxygens (including phenoxy) is 7. The number of carbonyl (C=O) groups is 1. The van der Waals surface area contributed by atoms with E-state index in [1.807, 2.05) is 29.0 Å². The van der Waals surface area contributed by atoms with Gasteiger partial charge in [-0.3, -0.25) is 4.79 Å². The minimum absolute atomic E-state index is 0.00572. The number of benzene rings is 1. The standard InChI is InChI=1S/C36H55N9O8/c1-41-15-16-44(24-28(41)46)34-30-29(33(42-13-11-26(50-5)12-14-42)39-35(37-30)43(17-20-47-2)18-21-48-3)38-36(40-34)45(19-22-49-4)23-25-9-10-27(51-6)32(53-8)31(25)52-7/h9-10,26H,11-24H2,1-8H3. The molecule has 0 atom stereocenters. The number of hydrogen-bond acceptors (Lipinski definition) is 16. The zero-order valence-electron chi connectivity index (χ0n) is 32.4. The Labute approximate surface area is 312 Å². The third-order valence-electron chi connectivity index (χ3n) is 9.72. The van der Waals surface area contributed by atoms with E-state index in [1.54, 1.807) is 54.7 Å². The average Bonchev–Trinajstić information content (AvgIpc) is 3.19. The molecule has 2 aliphatic heterocycles. The van der Waals surface area contributed by atoms with Crippen LogP contribution in [0.4, 0.5) is 23.5 Å². The summed E-state index contributed by atoms with van der Waals surface area (Å²) < 4.78 is 39.3. The maximum absolute atomic E-state index is 13.2. The first-order chi connectivity index (χ1) is 25.8. The fraction of sp³-hybridized carbons (Fsp3) is 0.639. The number of piperidine rings is 1. The van der Waals surface area contributed by atoms with Gasteiger partial charge < -0.3 is 57.7 Å². The lowest BCUT2D eigenvalue weighted by molar-refractivity contribution is -0.129. The van der Waals surface area contributed by atoms with Gasteiger partial charge in [-0.25, -0.2) is 9.97 Å². The van der Waals surface area contributed by atoms with Gasteiger partial charge >= 0.3 is 0 Å². The number of nitrogens with zero attached hydrogens (tertiary/aromatic N) is 9. The first-order valence-corrected chi connectivity index (χ1v) is 17.9. The van der Waals surface area contributed by atoms with Crippen LogP contribution >= 0.6 is 0 Å². The number of piperazine rings is 1. The molecule has 4 heterocycles. The molecule has 2 aliphatic rings. The molecule has 0 N–H and O–H groups in total. The zero-order chi connectivity index (χ0) is 37.9. The normalized spacial score (nSPS) is 15.3. The minimum atomic E-state index is -0.00572. The second-order valence-corrected chi connectivity index (χ2v) is 12.9. The average molecular weight is 742 g/mol. The van der Waals surface area contributed by atoms with Crippen LogP contribution < -0.4 is 33.8 Å². The summed E-state index contributed by atoms with van der Waals surface area (Å²) in [6.45, 7) is 5.96. The van der Waals surface area contributed by atoms with E-state index in [1.165, 1.54) is 0 Å². The zero-order valence-corrected chi connectivity index (χ0v) is 32.4. The predicted octanol–water partition coefficient (Wildman–Crippen LogP) is 2.09. The first-order valence-electron chi connectivity index (χ1n) is 17.9. The van der Waals surface area contributed by atoms with E-state index in [2.05, 4.69) is 9.80 Å². The van der Waals surface area contributed by atoms with Crippen LogP contribution in [0.5, 0.6) is 17.2 Å². The van der Waals surface area contributed by atoms with Gasteiger partial charge in [-0.05, 0) is 25.0 Å². The Balaban J connectivity index is 1.74. The second kappa shape index (κ2) is 19.0. The van der Waals surface area contributed by atoms with Crippen molar-refractivity contribution < 1.29 is 38.0 Å². The second-order valence-electron chi connectivity index (χ2n) is 12.9. The number of likely N-dealkylation sites (N-methyl/N-ethyl adjacent to an activating group) is 1. The van der Waals surface area contributed by atoms with E-state index in [9.17, 15) is 4.79 Å². The fourth-order valence-corrected chi connectivity index (χ4v) is 6.59. The number of anilines is 4. The highest BCUT2D eigenvalue weighted by molar-refractivity contribution is 5.96. The topological polar surface area (TPSA) is 149 Å². The van der Waals surface area contributed by atoms with E-state index < -0.39 is 0 Å². The Bertz CT molecular complexity index is 1650. The summed E-state index contributed by atoms with van der Waals surface area (Å²) in [4.78, 5) is 44.1. The summed E-state index contributed by atoms with van der Waals surface area (Å²) in [5.74, 6) is 3.79. The minimum Gasteiger partial charge on any atom is -0.493 e. The van der Waals surface area contributed by atoms with Crippen molar-refractivity contribution in [3.63, 3.8) is 0 Å². The van der Waals surface area contributed by atoms with E-state index in [0.717, 1.165) is 31.5 Å². The third kappa shape index (κ3) is 9.20. The van der Waals surface area contributed by atoms with Crippen LogP contribution in [0.15, 0.2) is 12.1 Å². The number of fused-ring (bicyclic) bond motifs is 1. The molecule has 0 aliphatic carbocycles. The summed E-state index contributed by atoms with van der Waals surface area (Å²) in [7, 11) is 13.4. The molecule has 2 fully saturated rings. The van der Waals surface area contributed by atoms with Gasteiger partial charge in [0.15, 0.2) is 23.1 Å². The highest BCUT2D eigenvalue weighted by atomic mass is 16.5. The maximum atomic E-state index is 13.2. The number of amides is 1. The van der Waals surface area contributed by atoms with E-state index in [0.29, 0.717) is 111 Å². The molecule has 0 unspecified atom stereocenters. The van der Waals surface area contributed by atoms with E-state index in [-0.39, 0.29) is 18.6 Å². The molecule has 53 heavy (non-hydrogen) atoms. The molecule has 17 heteroatoms. The summed E-state index contributed by atoms with van der Waals surface area (Å²) >= 11 is 0. The number of rotatable bonds is 19. The Morgan fingerprint density at radius 1 is 0.679 bits per heavy atom. The van der Waals surface area contributed by atoms with Gasteiger partial charge in [-0.2, -0.15) is 9.97 Å². The molecule has 5 rings (SSSR count). The van der Waals surface area contributed by atoms with Crippen molar-refractivity contribution >= 4 is 40.5 Å².